The lowest BCUT2D eigenvalue weighted by molar-refractivity contribution is 0.219. The molecule has 0 spiro atoms. The van der Waals surface area contributed by atoms with Gasteiger partial charge in [-0.1, -0.05) is 0 Å². The number of aliphatic hydroxyl groups excluding tert-OH is 1. The van der Waals surface area contributed by atoms with Crippen molar-refractivity contribution in [3.63, 3.8) is 0 Å². The summed E-state index contributed by atoms with van der Waals surface area (Å²) in [5.41, 5.74) is 1.55. The Kier molecular flexibility index (Phi) is 2.90. The van der Waals surface area contributed by atoms with Gasteiger partial charge in [-0.25, -0.2) is 9.97 Å². The molecule has 2 heterocycles. The molecule has 14 heavy (non-hydrogen) atoms. The molecule has 72 valence electrons. The fourth-order valence-electron chi connectivity index (χ4n) is 1.12. The van der Waals surface area contributed by atoms with Crippen molar-refractivity contribution in [2.75, 3.05) is 0 Å². The number of aromatic nitrogens is 2. The zero-order chi connectivity index (χ0) is 9.97. The first-order valence-corrected chi connectivity index (χ1v) is 5.67. The molecule has 0 saturated heterocycles. The monoisotopic (exact) mass is 270 g/mol. The van der Waals surface area contributed by atoms with E-state index in [9.17, 15) is 5.11 Å². The van der Waals surface area contributed by atoms with Crippen LogP contribution in [-0.4, -0.2) is 15.1 Å². The molecular formula is C9H7BrN2OS. The summed E-state index contributed by atoms with van der Waals surface area (Å²) in [5, 5.41) is 13.8. The van der Waals surface area contributed by atoms with Crippen LogP contribution in [0.2, 0.25) is 0 Å². The Bertz CT molecular complexity index is 418. The lowest BCUT2D eigenvalue weighted by Crippen LogP contribution is -1.99. The molecule has 0 aliphatic heterocycles. The lowest BCUT2D eigenvalue weighted by Gasteiger charge is -2.08. The maximum atomic E-state index is 9.96. The van der Waals surface area contributed by atoms with Gasteiger partial charge in [0, 0.05) is 33.4 Å². The van der Waals surface area contributed by atoms with Crippen molar-refractivity contribution in [1.82, 2.24) is 9.97 Å². The second-order valence-electron chi connectivity index (χ2n) is 2.75. The highest BCUT2D eigenvalue weighted by Gasteiger charge is 2.14. The van der Waals surface area contributed by atoms with E-state index in [0.717, 1.165) is 10.0 Å². The van der Waals surface area contributed by atoms with Gasteiger partial charge >= 0.3 is 0 Å². The molecule has 0 aliphatic rings. The second-order valence-corrected chi connectivity index (χ2v) is 4.35. The Morgan fingerprint density at radius 2 is 2.00 bits per heavy atom. The van der Waals surface area contributed by atoms with E-state index < -0.39 is 6.10 Å². The highest BCUT2D eigenvalue weighted by Crippen LogP contribution is 2.30. The van der Waals surface area contributed by atoms with Crippen LogP contribution in [0.5, 0.6) is 0 Å². The lowest BCUT2D eigenvalue weighted by atomic mass is 10.1. The van der Waals surface area contributed by atoms with E-state index in [4.69, 9.17) is 0 Å². The highest BCUT2D eigenvalue weighted by molar-refractivity contribution is 9.10. The summed E-state index contributed by atoms with van der Waals surface area (Å²) < 4.78 is 0.916. The van der Waals surface area contributed by atoms with Gasteiger partial charge in [0.15, 0.2) is 0 Å². The third kappa shape index (κ3) is 1.84. The fraction of sp³-hybridized carbons (Fsp3) is 0.111. The highest BCUT2D eigenvalue weighted by atomic mass is 79.9. The van der Waals surface area contributed by atoms with Gasteiger partial charge < -0.3 is 5.11 Å². The van der Waals surface area contributed by atoms with E-state index in [1.54, 1.807) is 23.7 Å². The van der Waals surface area contributed by atoms with Gasteiger partial charge in [0.05, 0.1) is 0 Å². The zero-order valence-corrected chi connectivity index (χ0v) is 9.49. The first-order valence-electron chi connectivity index (χ1n) is 3.93. The van der Waals surface area contributed by atoms with Crippen molar-refractivity contribution in [1.29, 1.82) is 0 Å². The summed E-state index contributed by atoms with van der Waals surface area (Å²) in [6.45, 7) is 0. The Balaban J connectivity index is 2.34. The minimum Gasteiger partial charge on any atom is -0.383 e. The molecule has 1 unspecified atom stereocenters. The molecule has 0 radical (unpaired) electrons. The molecule has 0 fully saturated rings. The van der Waals surface area contributed by atoms with E-state index in [1.807, 2.05) is 10.8 Å². The number of hydrogen-bond donors (Lipinski definition) is 1. The molecule has 3 nitrogen and oxygen atoms in total. The summed E-state index contributed by atoms with van der Waals surface area (Å²) in [5.74, 6) is 0. The molecule has 2 aromatic rings. The molecule has 0 aliphatic carbocycles. The zero-order valence-electron chi connectivity index (χ0n) is 7.09. The Labute approximate surface area is 93.6 Å². The topological polar surface area (TPSA) is 46.0 Å². The van der Waals surface area contributed by atoms with Crippen molar-refractivity contribution in [3.8, 4) is 0 Å². The van der Waals surface area contributed by atoms with Crippen molar-refractivity contribution in [2.45, 2.75) is 6.10 Å². The normalized spacial score (nSPS) is 12.7. The van der Waals surface area contributed by atoms with Gasteiger partial charge in [-0.3, -0.25) is 0 Å². The predicted octanol–water partition coefficient (Wildman–Crippen LogP) is 2.38. The van der Waals surface area contributed by atoms with Gasteiger partial charge in [0.25, 0.3) is 0 Å². The number of thiophene rings is 1. The van der Waals surface area contributed by atoms with Gasteiger partial charge in [-0.05, 0) is 21.3 Å². The molecule has 0 saturated carbocycles. The maximum Gasteiger partial charge on any atom is 0.115 e. The number of rotatable bonds is 2. The van der Waals surface area contributed by atoms with Gasteiger partial charge in [0.1, 0.15) is 12.4 Å². The minimum atomic E-state index is -0.656. The molecule has 5 heteroatoms. The third-order valence-electron chi connectivity index (χ3n) is 1.83. The Morgan fingerprint density at radius 3 is 2.57 bits per heavy atom. The van der Waals surface area contributed by atoms with Crippen LogP contribution < -0.4 is 0 Å². The fourth-order valence-corrected chi connectivity index (χ4v) is 2.65. The Hall–Kier alpha value is -0.780. The molecule has 0 amide bonds. The molecule has 1 N–H and O–H groups in total. The van der Waals surface area contributed by atoms with E-state index in [-0.39, 0.29) is 0 Å². The van der Waals surface area contributed by atoms with E-state index in [1.165, 1.54) is 6.33 Å². The third-order valence-corrected chi connectivity index (χ3v) is 3.58. The molecule has 0 aromatic carbocycles. The van der Waals surface area contributed by atoms with Crippen molar-refractivity contribution in [2.24, 2.45) is 0 Å². The van der Waals surface area contributed by atoms with Gasteiger partial charge in [0.2, 0.25) is 0 Å². The van der Waals surface area contributed by atoms with Crippen LogP contribution in [0.1, 0.15) is 17.2 Å². The second kappa shape index (κ2) is 4.16. The van der Waals surface area contributed by atoms with Crippen LogP contribution >= 0.6 is 27.3 Å². The summed E-state index contributed by atoms with van der Waals surface area (Å²) in [6, 6.07) is 0. The number of halogens is 1. The first-order chi connectivity index (χ1) is 6.79. The molecule has 1 atom stereocenters. The SMILES string of the molecule is OC(c1cncnc1)c1cscc1Br. The standard InChI is InChI=1S/C9H7BrN2OS/c10-8-4-14-3-7(8)9(13)6-1-11-5-12-2-6/h1-5,9,13H. The van der Waals surface area contributed by atoms with Crippen LogP contribution in [0.4, 0.5) is 0 Å². The summed E-state index contributed by atoms with van der Waals surface area (Å²) >= 11 is 4.92. The van der Waals surface area contributed by atoms with Crippen LogP contribution in [0.15, 0.2) is 34.0 Å². The average molecular weight is 271 g/mol. The Morgan fingerprint density at radius 1 is 1.29 bits per heavy atom. The van der Waals surface area contributed by atoms with Crippen LogP contribution in [0.3, 0.4) is 0 Å². The van der Waals surface area contributed by atoms with Gasteiger partial charge in [-0.15, -0.1) is 0 Å². The smallest absolute Gasteiger partial charge is 0.115 e. The summed E-state index contributed by atoms with van der Waals surface area (Å²) in [6.07, 6.45) is 4.01. The van der Waals surface area contributed by atoms with Crippen LogP contribution in [0.25, 0.3) is 0 Å². The molecule has 2 aromatic heterocycles. The molecular weight excluding hydrogens is 264 g/mol. The van der Waals surface area contributed by atoms with E-state index >= 15 is 0 Å². The number of aliphatic hydroxyl groups is 1. The van der Waals surface area contributed by atoms with Crippen molar-refractivity contribution >= 4 is 27.3 Å². The largest absolute Gasteiger partial charge is 0.383 e. The van der Waals surface area contributed by atoms with E-state index in [2.05, 4.69) is 25.9 Å². The van der Waals surface area contributed by atoms with Crippen LogP contribution in [0, 0.1) is 0 Å². The quantitative estimate of drug-likeness (QED) is 0.912. The van der Waals surface area contributed by atoms with Crippen LogP contribution in [-0.2, 0) is 0 Å². The predicted molar refractivity (Wildman–Crippen MR) is 58.1 cm³/mol. The number of hydrogen-bond acceptors (Lipinski definition) is 4. The summed E-state index contributed by atoms with van der Waals surface area (Å²) in [7, 11) is 0. The summed E-state index contributed by atoms with van der Waals surface area (Å²) in [4.78, 5) is 7.72. The number of nitrogens with zero attached hydrogens (tertiary/aromatic N) is 2. The average Bonchev–Trinajstić information content (AvgIpc) is 2.65. The van der Waals surface area contributed by atoms with E-state index in [0.29, 0.717) is 5.56 Å². The minimum absolute atomic E-state index is 0.656. The van der Waals surface area contributed by atoms with Crippen molar-refractivity contribution < 1.29 is 5.11 Å². The van der Waals surface area contributed by atoms with Gasteiger partial charge in [-0.2, -0.15) is 11.3 Å². The molecule has 2 rings (SSSR count). The van der Waals surface area contributed by atoms with Crippen molar-refractivity contribution in [3.05, 3.63) is 45.1 Å². The maximum absolute atomic E-state index is 9.96. The first kappa shape index (κ1) is 9.76. The molecule has 0 bridgehead atoms.